The third-order valence-corrected chi connectivity index (χ3v) is 2.60. The van der Waals surface area contributed by atoms with Crippen LogP contribution in [0.15, 0.2) is 36.4 Å². The van der Waals surface area contributed by atoms with Gasteiger partial charge in [-0.25, -0.2) is 4.79 Å². The van der Waals surface area contributed by atoms with Crippen molar-refractivity contribution >= 4 is 28.7 Å². The van der Waals surface area contributed by atoms with Crippen LogP contribution in [0.25, 0.3) is 0 Å². The van der Waals surface area contributed by atoms with Gasteiger partial charge in [0.1, 0.15) is 0 Å². The molecule has 0 saturated carbocycles. The second-order valence-electron chi connectivity index (χ2n) is 4.27. The number of nitrogens with two attached hydrogens (primary N) is 4. The first-order valence-electron chi connectivity index (χ1n) is 5.81. The van der Waals surface area contributed by atoms with Crippen molar-refractivity contribution in [3.8, 4) is 0 Å². The van der Waals surface area contributed by atoms with E-state index in [2.05, 4.69) is 0 Å². The lowest BCUT2D eigenvalue weighted by atomic mass is 10.1. The molecule has 0 amide bonds. The van der Waals surface area contributed by atoms with Gasteiger partial charge in [-0.05, 0) is 48.9 Å². The second-order valence-corrected chi connectivity index (χ2v) is 4.27. The molecule has 0 aromatic heterocycles. The maximum Gasteiger partial charge on any atom is 0.337 e. The van der Waals surface area contributed by atoms with Crippen molar-refractivity contribution in [1.29, 1.82) is 0 Å². The van der Waals surface area contributed by atoms with Crippen LogP contribution >= 0.6 is 0 Å². The molecule has 0 saturated heterocycles. The summed E-state index contributed by atoms with van der Waals surface area (Å²) in [5, 5.41) is 8.54. The van der Waals surface area contributed by atoms with Crippen LogP contribution in [0.2, 0.25) is 0 Å². The molecule has 0 aliphatic rings. The van der Waals surface area contributed by atoms with E-state index in [1.54, 1.807) is 6.07 Å². The lowest BCUT2D eigenvalue weighted by molar-refractivity contribution is 0.0698. The first-order chi connectivity index (χ1) is 9.31. The number of carboxylic acid groups (broad SMARTS) is 1. The number of hydrogen-bond acceptors (Lipinski definition) is 5. The molecule has 9 N–H and O–H groups in total. The van der Waals surface area contributed by atoms with Gasteiger partial charge in [0.05, 0.1) is 5.56 Å². The Morgan fingerprint density at radius 3 is 1.90 bits per heavy atom. The summed E-state index contributed by atoms with van der Waals surface area (Å²) < 4.78 is 0. The van der Waals surface area contributed by atoms with E-state index in [-0.39, 0.29) is 11.3 Å². The molecule has 0 atom stereocenters. The fraction of sp³-hybridized carbons (Fsp3) is 0.0714. The predicted molar refractivity (Wildman–Crippen MR) is 82.2 cm³/mol. The Labute approximate surface area is 117 Å². The van der Waals surface area contributed by atoms with Crippen LogP contribution in [0.3, 0.4) is 0 Å². The van der Waals surface area contributed by atoms with E-state index >= 15 is 0 Å². The molecular formula is C14H18N4O2. The first kappa shape index (κ1) is 15.2. The zero-order valence-electron chi connectivity index (χ0n) is 11.1. The molecule has 0 bridgehead atoms. The first-order valence-corrected chi connectivity index (χ1v) is 5.81. The van der Waals surface area contributed by atoms with Crippen LogP contribution in [0.1, 0.15) is 15.9 Å². The monoisotopic (exact) mass is 274 g/mol. The molecule has 0 aliphatic heterocycles. The van der Waals surface area contributed by atoms with Crippen LogP contribution < -0.4 is 22.9 Å². The molecular weight excluding hydrogens is 256 g/mol. The summed E-state index contributed by atoms with van der Waals surface area (Å²) in [5.74, 6) is -1.04. The fourth-order valence-electron chi connectivity index (χ4n) is 1.47. The maximum absolute atomic E-state index is 10.4. The number of anilines is 4. The van der Waals surface area contributed by atoms with E-state index in [1.807, 2.05) is 19.1 Å². The molecule has 0 spiro atoms. The van der Waals surface area contributed by atoms with Crippen molar-refractivity contribution in [1.82, 2.24) is 0 Å². The van der Waals surface area contributed by atoms with Crippen molar-refractivity contribution in [2.45, 2.75) is 6.92 Å². The molecule has 0 aliphatic carbocycles. The Morgan fingerprint density at radius 1 is 0.900 bits per heavy atom. The molecule has 0 heterocycles. The number of benzene rings is 2. The normalized spacial score (nSPS) is 9.45. The highest BCUT2D eigenvalue weighted by atomic mass is 16.4. The zero-order valence-corrected chi connectivity index (χ0v) is 11.1. The molecule has 0 radical (unpaired) electrons. The summed E-state index contributed by atoms with van der Waals surface area (Å²) in [6.07, 6.45) is 0. The molecule has 2 rings (SSSR count). The van der Waals surface area contributed by atoms with E-state index in [0.29, 0.717) is 5.69 Å². The standard InChI is InChI=1S/C7H8N2O2.C7H10N2/c8-4-1-2-5(7(10)11)6(9)3-4;1-5-4-6(8)2-3-7(5)9/h1-3H,8-9H2,(H,10,11);2-4H,8-9H2,1H3. The molecule has 6 nitrogen and oxygen atoms in total. The molecule has 20 heavy (non-hydrogen) atoms. The lowest BCUT2D eigenvalue weighted by Gasteiger charge is -1.99. The molecule has 0 fully saturated rings. The van der Waals surface area contributed by atoms with Crippen molar-refractivity contribution in [2.75, 3.05) is 22.9 Å². The molecule has 6 heteroatoms. The summed E-state index contributed by atoms with van der Waals surface area (Å²) in [6, 6.07) is 9.76. The van der Waals surface area contributed by atoms with Crippen LogP contribution in [0.4, 0.5) is 22.7 Å². The third-order valence-electron chi connectivity index (χ3n) is 2.60. The summed E-state index contributed by atoms with van der Waals surface area (Å²) in [7, 11) is 0. The number of rotatable bonds is 1. The van der Waals surface area contributed by atoms with Crippen LogP contribution in [0.5, 0.6) is 0 Å². The van der Waals surface area contributed by atoms with Gasteiger partial charge in [0, 0.05) is 22.7 Å². The predicted octanol–water partition coefficient (Wildman–Crippen LogP) is 1.71. The van der Waals surface area contributed by atoms with Gasteiger partial charge >= 0.3 is 5.97 Å². The highest BCUT2D eigenvalue weighted by molar-refractivity contribution is 5.94. The number of hydrogen-bond donors (Lipinski definition) is 5. The topological polar surface area (TPSA) is 141 Å². The average Bonchev–Trinajstić information content (AvgIpc) is 2.34. The van der Waals surface area contributed by atoms with Gasteiger partial charge in [-0.3, -0.25) is 0 Å². The van der Waals surface area contributed by atoms with Gasteiger partial charge < -0.3 is 28.0 Å². The smallest absolute Gasteiger partial charge is 0.337 e. The Balaban J connectivity index is 0.000000204. The van der Waals surface area contributed by atoms with Crippen LogP contribution in [-0.4, -0.2) is 11.1 Å². The highest BCUT2D eigenvalue weighted by Gasteiger charge is 2.05. The molecule has 106 valence electrons. The largest absolute Gasteiger partial charge is 0.478 e. The van der Waals surface area contributed by atoms with Crippen molar-refractivity contribution in [3.63, 3.8) is 0 Å². The minimum Gasteiger partial charge on any atom is -0.478 e. The van der Waals surface area contributed by atoms with E-state index < -0.39 is 5.97 Å². The van der Waals surface area contributed by atoms with Crippen LogP contribution in [-0.2, 0) is 0 Å². The van der Waals surface area contributed by atoms with Gasteiger partial charge in [-0.2, -0.15) is 0 Å². The van der Waals surface area contributed by atoms with Gasteiger partial charge in [-0.1, -0.05) is 0 Å². The SMILES string of the molecule is Cc1cc(N)ccc1N.Nc1ccc(C(=O)O)c(N)c1. The second kappa shape index (κ2) is 6.33. The summed E-state index contributed by atoms with van der Waals surface area (Å²) in [5.41, 5.74) is 25.1. The lowest BCUT2D eigenvalue weighted by Crippen LogP contribution is -2.02. The Morgan fingerprint density at radius 2 is 1.45 bits per heavy atom. The molecule has 0 unspecified atom stereocenters. The molecule has 2 aromatic carbocycles. The Kier molecular flexibility index (Phi) is 4.80. The van der Waals surface area contributed by atoms with E-state index in [4.69, 9.17) is 28.0 Å². The van der Waals surface area contributed by atoms with Gasteiger partial charge in [-0.15, -0.1) is 0 Å². The highest BCUT2D eigenvalue weighted by Crippen LogP contribution is 2.15. The van der Waals surface area contributed by atoms with Crippen molar-refractivity contribution in [2.24, 2.45) is 0 Å². The zero-order chi connectivity index (χ0) is 15.3. The van der Waals surface area contributed by atoms with Gasteiger partial charge in [0.25, 0.3) is 0 Å². The van der Waals surface area contributed by atoms with Gasteiger partial charge in [0.15, 0.2) is 0 Å². The minimum absolute atomic E-state index is 0.0826. The Bertz CT molecular complexity index is 627. The van der Waals surface area contributed by atoms with E-state index in [1.165, 1.54) is 18.2 Å². The number of carbonyl (C=O) groups is 1. The van der Waals surface area contributed by atoms with Crippen molar-refractivity contribution < 1.29 is 9.90 Å². The summed E-state index contributed by atoms with van der Waals surface area (Å²) in [6.45, 7) is 1.94. The number of carboxylic acids is 1. The van der Waals surface area contributed by atoms with Crippen LogP contribution in [0, 0.1) is 6.92 Å². The van der Waals surface area contributed by atoms with Crippen molar-refractivity contribution in [3.05, 3.63) is 47.5 Å². The molecule has 2 aromatic rings. The van der Waals surface area contributed by atoms with E-state index in [0.717, 1.165) is 16.9 Å². The average molecular weight is 274 g/mol. The number of aromatic carboxylic acids is 1. The minimum atomic E-state index is -1.04. The number of aryl methyl sites for hydroxylation is 1. The quantitative estimate of drug-likeness (QED) is 0.501. The van der Waals surface area contributed by atoms with E-state index in [9.17, 15) is 4.79 Å². The summed E-state index contributed by atoms with van der Waals surface area (Å²) in [4.78, 5) is 10.4. The Hall–Kier alpha value is -2.89. The number of nitrogen functional groups attached to an aromatic ring is 4. The van der Waals surface area contributed by atoms with Gasteiger partial charge in [0.2, 0.25) is 0 Å². The third kappa shape index (κ3) is 4.09. The summed E-state index contributed by atoms with van der Waals surface area (Å²) >= 11 is 0. The fourth-order valence-corrected chi connectivity index (χ4v) is 1.47. The maximum atomic E-state index is 10.4.